The number of rotatable bonds is 3. The number of piperazine rings is 1. The fourth-order valence-corrected chi connectivity index (χ4v) is 4.03. The van der Waals surface area contributed by atoms with E-state index < -0.39 is 6.09 Å². The fraction of sp³-hybridized carbons (Fsp3) is 0.389. The highest BCUT2D eigenvalue weighted by molar-refractivity contribution is 9.10. The van der Waals surface area contributed by atoms with Crippen molar-refractivity contribution in [3.8, 4) is 0 Å². The molecule has 2 N–H and O–H groups in total. The largest absolute Gasteiger partial charge is 0.465 e. The molecule has 2 aromatic heterocycles. The van der Waals surface area contributed by atoms with E-state index in [2.05, 4.69) is 31.1 Å². The van der Waals surface area contributed by atoms with Crippen LogP contribution in [0.1, 0.15) is 13.8 Å². The number of nitrogens with one attached hydrogen (secondary N) is 1. The summed E-state index contributed by atoms with van der Waals surface area (Å²) in [7, 11) is 1.69. The number of pyridine rings is 2. The van der Waals surface area contributed by atoms with Gasteiger partial charge in [-0.15, -0.1) is 0 Å². The first-order chi connectivity index (χ1) is 12.8. The van der Waals surface area contributed by atoms with Gasteiger partial charge in [0.25, 0.3) is 5.56 Å². The third-order valence-electron chi connectivity index (χ3n) is 4.65. The summed E-state index contributed by atoms with van der Waals surface area (Å²) in [5, 5.41) is 12.3. The molecule has 0 radical (unpaired) electrons. The van der Waals surface area contributed by atoms with E-state index in [1.165, 1.54) is 9.47 Å². The van der Waals surface area contributed by atoms with E-state index in [9.17, 15) is 14.7 Å². The monoisotopic (exact) mass is 435 g/mol. The van der Waals surface area contributed by atoms with E-state index in [-0.39, 0.29) is 17.6 Å². The standard InChI is InChI=1S/C18H22BrN5O3/c1-11-8-23(18(26)27)9-12(2)24(11)14-4-5-16(20-7-14)21-15-6-13(19)10-22(3)17(15)25/h4-7,10-12H,8-9H2,1-3H3,(H,20,21)(H,26,27). The van der Waals surface area contributed by atoms with E-state index in [1.54, 1.807) is 25.5 Å². The third-order valence-corrected chi connectivity index (χ3v) is 5.08. The van der Waals surface area contributed by atoms with Gasteiger partial charge in [-0.25, -0.2) is 9.78 Å². The first-order valence-corrected chi connectivity index (χ1v) is 9.41. The maximum absolute atomic E-state index is 12.2. The maximum Gasteiger partial charge on any atom is 0.407 e. The molecule has 144 valence electrons. The Kier molecular flexibility index (Phi) is 5.41. The van der Waals surface area contributed by atoms with Gasteiger partial charge in [-0.3, -0.25) is 4.79 Å². The van der Waals surface area contributed by atoms with E-state index in [4.69, 9.17) is 0 Å². The number of nitrogens with zero attached hydrogens (tertiary/aromatic N) is 4. The summed E-state index contributed by atoms with van der Waals surface area (Å²) >= 11 is 3.38. The number of aromatic nitrogens is 2. The Morgan fingerprint density at radius 3 is 2.52 bits per heavy atom. The molecule has 2 unspecified atom stereocenters. The number of anilines is 3. The van der Waals surface area contributed by atoms with Crippen LogP contribution in [0, 0.1) is 0 Å². The average Bonchev–Trinajstić information content (AvgIpc) is 2.60. The van der Waals surface area contributed by atoms with Gasteiger partial charge in [0.1, 0.15) is 11.5 Å². The molecule has 1 saturated heterocycles. The summed E-state index contributed by atoms with van der Waals surface area (Å²) in [5.74, 6) is 0.568. The van der Waals surface area contributed by atoms with Crippen LogP contribution in [0.2, 0.25) is 0 Å². The zero-order chi connectivity index (χ0) is 19.7. The highest BCUT2D eigenvalue weighted by Gasteiger charge is 2.31. The molecule has 9 heteroatoms. The van der Waals surface area contributed by atoms with E-state index in [0.29, 0.717) is 24.6 Å². The Hall–Kier alpha value is -2.55. The Bertz CT molecular complexity index is 887. The molecule has 0 aliphatic carbocycles. The zero-order valence-corrected chi connectivity index (χ0v) is 17.0. The van der Waals surface area contributed by atoms with Gasteiger partial charge >= 0.3 is 6.09 Å². The van der Waals surface area contributed by atoms with Crippen molar-refractivity contribution in [3.63, 3.8) is 0 Å². The molecule has 0 spiro atoms. The minimum Gasteiger partial charge on any atom is -0.465 e. The summed E-state index contributed by atoms with van der Waals surface area (Å²) in [6.45, 7) is 4.91. The van der Waals surface area contributed by atoms with Crippen molar-refractivity contribution in [2.45, 2.75) is 25.9 Å². The van der Waals surface area contributed by atoms with Crippen LogP contribution < -0.4 is 15.8 Å². The van der Waals surface area contributed by atoms with Crippen molar-refractivity contribution >= 4 is 39.2 Å². The average molecular weight is 436 g/mol. The number of aryl methyl sites for hydroxylation is 1. The third kappa shape index (κ3) is 4.08. The molecular formula is C18H22BrN5O3. The van der Waals surface area contributed by atoms with Crippen LogP contribution in [0.5, 0.6) is 0 Å². The van der Waals surface area contributed by atoms with Gasteiger partial charge in [0, 0.05) is 42.9 Å². The summed E-state index contributed by atoms with van der Waals surface area (Å²) in [6, 6.07) is 5.55. The first kappa shape index (κ1) is 19.2. The normalized spacial score (nSPS) is 19.9. The van der Waals surface area contributed by atoms with E-state index >= 15 is 0 Å². The van der Waals surface area contributed by atoms with E-state index in [0.717, 1.165) is 10.2 Å². The molecule has 3 rings (SSSR count). The van der Waals surface area contributed by atoms with Crippen LogP contribution in [0.4, 0.5) is 22.0 Å². The lowest BCUT2D eigenvalue weighted by Gasteiger charge is -2.44. The summed E-state index contributed by atoms with van der Waals surface area (Å²) in [6.07, 6.45) is 2.55. The molecule has 1 aliphatic rings. The van der Waals surface area contributed by atoms with Gasteiger partial charge in [0.05, 0.1) is 11.9 Å². The predicted octanol–water partition coefficient (Wildman–Crippen LogP) is 2.86. The van der Waals surface area contributed by atoms with Gasteiger partial charge in [0.2, 0.25) is 0 Å². The second-order valence-corrected chi connectivity index (χ2v) is 7.72. The Morgan fingerprint density at radius 1 is 1.30 bits per heavy atom. The van der Waals surface area contributed by atoms with Crippen molar-refractivity contribution < 1.29 is 9.90 Å². The quantitative estimate of drug-likeness (QED) is 0.769. The lowest BCUT2D eigenvalue weighted by molar-refractivity contribution is 0.128. The van der Waals surface area contributed by atoms with Crippen molar-refractivity contribution in [1.29, 1.82) is 0 Å². The predicted molar refractivity (Wildman–Crippen MR) is 108 cm³/mol. The SMILES string of the molecule is CC1CN(C(=O)O)CC(C)N1c1ccc(Nc2cc(Br)cn(C)c2=O)nc1. The number of carboxylic acid groups (broad SMARTS) is 1. The molecule has 3 heterocycles. The van der Waals surface area contributed by atoms with Crippen molar-refractivity contribution in [2.75, 3.05) is 23.3 Å². The topological polar surface area (TPSA) is 90.7 Å². The van der Waals surface area contributed by atoms with Gasteiger partial charge in [0.15, 0.2) is 0 Å². The molecule has 0 bridgehead atoms. The second-order valence-electron chi connectivity index (χ2n) is 6.81. The Labute approximate surface area is 165 Å². The Balaban J connectivity index is 1.78. The van der Waals surface area contributed by atoms with Gasteiger partial charge in [-0.1, -0.05) is 0 Å². The molecule has 2 aromatic rings. The van der Waals surface area contributed by atoms with Crippen molar-refractivity contribution in [1.82, 2.24) is 14.5 Å². The van der Waals surface area contributed by atoms with Crippen LogP contribution >= 0.6 is 15.9 Å². The number of hydrogen-bond donors (Lipinski definition) is 2. The number of carbonyl (C=O) groups is 1. The molecule has 8 nitrogen and oxygen atoms in total. The van der Waals surface area contributed by atoms with E-state index in [1.807, 2.05) is 26.0 Å². The molecule has 0 saturated carbocycles. The maximum atomic E-state index is 12.2. The molecule has 1 fully saturated rings. The summed E-state index contributed by atoms with van der Waals surface area (Å²) in [4.78, 5) is 31.5. The van der Waals surface area contributed by atoms with Crippen LogP contribution in [0.3, 0.4) is 0 Å². The number of amides is 1. The minimum atomic E-state index is -0.887. The second kappa shape index (κ2) is 7.59. The Morgan fingerprint density at radius 2 is 1.96 bits per heavy atom. The number of hydrogen-bond acceptors (Lipinski definition) is 5. The lowest BCUT2D eigenvalue weighted by Crippen LogP contribution is -2.58. The van der Waals surface area contributed by atoms with Crippen LogP contribution in [0.25, 0.3) is 0 Å². The van der Waals surface area contributed by atoms with Crippen LogP contribution in [-0.2, 0) is 7.05 Å². The highest BCUT2D eigenvalue weighted by Crippen LogP contribution is 2.25. The summed E-state index contributed by atoms with van der Waals surface area (Å²) in [5.41, 5.74) is 1.22. The molecule has 27 heavy (non-hydrogen) atoms. The van der Waals surface area contributed by atoms with Gasteiger partial charge < -0.3 is 24.8 Å². The molecule has 1 amide bonds. The lowest BCUT2D eigenvalue weighted by atomic mass is 10.1. The first-order valence-electron chi connectivity index (χ1n) is 8.61. The fourth-order valence-electron chi connectivity index (χ4n) is 3.50. The summed E-state index contributed by atoms with van der Waals surface area (Å²) < 4.78 is 2.29. The molecule has 1 aliphatic heterocycles. The minimum absolute atomic E-state index is 0.0443. The number of halogens is 1. The molecule has 2 atom stereocenters. The zero-order valence-electron chi connectivity index (χ0n) is 15.4. The van der Waals surface area contributed by atoms with Gasteiger partial charge in [-0.2, -0.15) is 0 Å². The molecular weight excluding hydrogens is 414 g/mol. The smallest absolute Gasteiger partial charge is 0.407 e. The van der Waals surface area contributed by atoms with Crippen LogP contribution in [0.15, 0.2) is 39.9 Å². The highest BCUT2D eigenvalue weighted by atomic mass is 79.9. The van der Waals surface area contributed by atoms with Crippen LogP contribution in [-0.4, -0.2) is 50.8 Å². The van der Waals surface area contributed by atoms with Gasteiger partial charge in [-0.05, 0) is 48.0 Å². The van der Waals surface area contributed by atoms with Crippen molar-refractivity contribution in [2.24, 2.45) is 7.05 Å². The molecule has 0 aromatic carbocycles. The van der Waals surface area contributed by atoms with Crippen molar-refractivity contribution in [3.05, 3.63) is 45.4 Å².